The largest absolute Gasteiger partial charge is 0.454 e. The van der Waals surface area contributed by atoms with Crippen molar-refractivity contribution in [3.63, 3.8) is 0 Å². The molecule has 4 N–H and O–H groups in total. The zero-order valence-electron chi connectivity index (χ0n) is 14.7. The minimum absolute atomic E-state index is 0. The first-order valence-electron chi connectivity index (χ1n) is 7.89. The molecule has 1 unspecified atom stereocenters. The van der Waals surface area contributed by atoms with Gasteiger partial charge < -0.3 is 20.8 Å². The van der Waals surface area contributed by atoms with E-state index < -0.39 is 5.91 Å². The number of hydrogen-bond donors (Lipinski definition) is 3. The fourth-order valence-corrected chi connectivity index (χ4v) is 2.34. The van der Waals surface area contributed by atoms with Gasteiger partial charge in [-0.15, -0.1) is 24.0 Å². The number of nitrogens with one attached hydrogen (secondary N) is 2. The van der Waals surface area contributed by atoms with Crippen molar-refractivity contribution in [1.82, 2.24) is 10.6 Å². The standard InChI is InChI=1S/C18H24N4O2.HI/c1-12-5-4-6-14(9-12)13(2)10-21-18(20-3)22-11-15-7-8-16(24-15)17(19)23;/h4-9,13H,10-11H2,1-3H3,(H2,19,23)(H2,20,21,22);1H. The molecule has 0 aliphatic carbocycles. The molecule has 1 heterocycles. The van der Waals surface area contributed by atoms with Crippen molar-refractivity contribution in [1.29, 1.82) is 0 Å². The van der Waals surface area contributed by atoms with Gasteiger partial charge in [0.05, 0.1) is 6.54 Å². The van der Waals surface area contributed by atoms with E-state index in [9.17, 15) is 4.79 Å². The van der Waals surface area contributed by atoms with E-state index in [1.165, 1.54) is 11.1 Å². The highest BCUT2D eigenvalue weighted by molar-refractivity contribution is 14.0. The van der Waals surface area contributed by atoms with E-state index in [1.807, 2.05) is 0 Å². The Morgan fingerprint density at radius 1 is 1.28 bits per heavy atom. The minimum atomic E-state index is -0.573. The maximum absolute atomic E-state index is 11.0. The molecule has 0 radical (unpaired) electrons. The van der Waals surface area contributed by atoms with E-state index in [2.05, 4.69) is 53.7 Å². The summed E-state index contributed by atoms with van der Waals surface area (Å²) in [5.74, 6) is 1.23. The molecule has 2 aromatic rings. The second-order valence-electron chi connectivity index (χ2n) is 5.75. The summed E-state index contributed by atoms with van der Waals surface area (Å²) in [6, 6.07) is 11.8. The number of halogens is 1. The first kappa shape index (κ1) is 21.0. The third-order valence-corrected chi connectivity index (χ3v) is 3.75. The third kappa shape index (κ3) is 6.41. The molecule has 1 aromatic carbocycles. The number of nitrogens with zero attached hydrogens (tertiary/aromatic N) is 1. The van der Waals surface area contributed by atoms with Crippen LogP contribution in [0.25, 0.3) is 0 Å². The van der Waals surface area contributed by atoms with E-state index >= 15 is 0 Å². The summed E-state index contributed by atoms with van der Waals surface area (Å²) < 4.78 is 5.33. The number of amides is 1. The van der Waals surface area contributed by atoms with E-state index in [1.54, 1.807) is 19.2 Å². The van der Waals surface area contributed by atoms with Crippen molar-refractivity contribution in [3.05, 3.63) is 59.0 Å². The number of primary amides is 1. The summed E-state index contributed by atoms with van der Waals surface area (Å²) in [7, 11) is 1.71. The molecule has 0 spiro atoms. The van der Waals surface area contributed by atoms with Gasteiger partial charge in [-0.25, -0.2) is 0 Å². The summed E-state index contributed by atoms with van der Waals surface area (Å²) in [5.41, 5.74) is 7.71. The Kier molecular flexibility index (Phi) is 8.47. The second kappa shape index (κ2) is 10.1. The SMILES string of the molecule is CN=C(NCc1ccc(C(N)=O)o1)NCC(C)c1cccc(C)c1.I. The van der Waals surface area contributed by atoms with Gasteiger partial charge in [0.15, 0.2) is 11.7 Å². The molecule has 2 rings (SSSR count). The number of furan rings is 1. The van der Waals surface area contributed by atoms with Gasteiger partial charge in [0, 0.05) is 13.6 Å². The van der Waals surface area contributed by atoms with Gasteiger partial charge in [0.2, 0.25) is 0 Å². The summed E-state index contributed by atoms with van der Waals surface area (Å²) >= 11 is 0. The van der Waals surface area contributed by atoms with Crippen LogP contribution < -0.4 is 16.4 Å². The Bertz CT molecular complexity index is 727. The van der Waals surface area contributed by atoms with Crippen LogP contribution in [0.15, 0.2) is 45.8 Å². The molecule has 25 heavy (non-hydrogen) atoms. The van der Waals surface area contributed by atoms with E-state index in [4.69, 9.17) is 10.2 Å². The van der Waals surface area contributed by atoms with Crippen molar-refractivity contribution < 1.29 is 9.21 Å². The minimum Gasteiger partial charge on any atom is -0.454 e. The van der Waals surface area contributed by atoms with Crippen LogP contribution in [0.3, 0.4) is 0 Å². The Morgan fingerprint density at radius 2 is 2.04 bits per heavy atom. The Morgan fingerprint density at radius 3 is 2.64 bits per heavy atom. The molecule has 0 fully saturated rings. The third-order valence-electron chi connectivity index (χ3n) is 3.75. The lowest BCUT2D eigenvalue weighted by Crippen LogP contribution is -2.38. The van der Waals surface area contributed by atoms with Gasteiger partial charge in [-0.3, -0.25) is 9.79 Å². The van der Waals surface area contributed by atoms with Gasteiger partial charge in [-0.1, -0.05) is 36.8 Å². The highest BCUT2D eigenvalue weighted by atomic mass is 127. The van der Waals surface area contributed by atoms with Gasteiger partial charge in [0.1, 0.15) is 5.76 Å². The Balaban J connectivity index is 0.00000312. The smallest absolute Gasteiger partial charge is 0.284 e. The lowest BCUT2D eigenvalue weighted by atomic mass is 9.99. The van der Waals surface area contributed by atoms with E-state index in [0.717, 1.165) is 6.54 Å². The second-order valence-corrected chi connectivity index (χ2v) is 5.75. The first-order valence-corrected chi connectivity index (χ1v) is 7.89. The highest BCUT2D eigenvalue weighted by Crippen LogP contribution is 2.15. The van der Waals surface area contributed by atoms with Crippen LogP contribution in [-0.2, 0) is 6.54 Å². The molecule has 7 heteroatoms. The first-order chi connectivity index (χ1) is 11.5. The average Bonchev–Trinajstić information content (AvgIpc) is 3.04. The quantitative estimate of drug-likeness (QED) is 0.354. The maximum atomic E-state index is 11.0. The van der Waals surface area contributed by atoms with Crippen LogP contribution in [0.4, 0.5) is 0 Å². The summed E-state index contributed by atoms with van der Waals surface area (Å²) in [5, 5.41) is 6.44. The number of hydrogen-bond acceptors (Lipinski definition) is 3. The monoisotopic (exact) mass is 456 g/mol. The van der Waals surface area contributed by atoms with Crippen molar-refractivity contribution >= 4 is 35.8 Å². The predicted molar refractivity (Wildman–Crippen MR) is 110 cm³/mol. The van der Waals surface area contributed by atoms with Crippen LogP contribution in [0.1, 0.15) is 40.3 Å². The van der Waals surface area contributed by atoms with Gasteiger partial charge in [0.25, 0.3) is 5.91 Å². The van der Waals surface area contributed by atoms with E-state index in [-0.39, 0.29) is 29.7 Å². The number of aliphatic imine (C=N–C) groups is 1. The molecular weight excluding hydrogens is 431 g/mol. The topological polar surface area (TPSA) is 92.6 Å². The van der Waals surface area contributed by atoms with E-state index in [0.29, 0.717) is 24.2 Å². The normalized spacial score (nSPS) is 12.2. The molecule has 0 aliphatic heterocycles. The number of guanidine groups is 1. The summed E-state index contributed by atoms with van der Waals surface area (Å²) in [6.07, 6.45) is 0. The molecule has 6 nitrogen and oxygen atoms in total. The Labute approximate surface area is 165 Å². The molecule has 0 saturated heterocycles. The predicted octanol–water partition coefficient (Wildman–Crippen LogP) is 2.77. The maximum Gasteiger partial charge on any atom is 0.284 e. The van der Waals surface area contributed by atoms with Crippen LogP contribution in [0, 0.1) is 6.92 Å². The highest BCUT2D eigenvalue weighted by Gasteiger charge is 2.09. The number of benzene rings is 1. The zero-order valence-corrected chi connectivity index (χ0v) is 17.0. The lowest BCUT2D eigenvalue weighted by molar-refractivity contribution is 0.0972. The summed E-state index contributed by atoms with van der Waals surface area (Å²) in [4.78, 5) is 15.2. The average molecular weight is 456 g/mol. The molecule has 0 aliphatic rings. The molecule has 136 valence electrons. The molecule has 1 aromatic heterocycles. The van der Waals surface area contributed by atoms with Crippen LogP contribution in [0.5, 0.6) is 0 Å². The Hall–Kier alpha value is -2.03. The fraction of sp³-hybridized carbons (Fsp3) is 0.333. The van der Waals surface area contributed by atoms with Crippen LogP contribution in [0.2, 0.25) is 0 Å². The van der Waals surface area contributed by atoms with Gasteiger partial charge >= 0.3 is 0 Å². The number of carbonyl (C=O) groups is 1. The molecule has 0 bridgehead atoms. The molecule has 0 saturated carbocycles. The number of nitrogens with two attached hydrogens (primary N) is 1. The molecule has 1 amide bonds. The van der Waals surface area contributed by atoms with Crippen molar-refractivity contribution in [2.24, 2.45) is 10.7 Å². The van der Waals surface area contributed by atoms with Crippen LogP contribution in [-0.4, -0.2) is 25.5 Å². The van der Waals surface area contributed by atoms with Gasteiger partial charge in [-0.05, 0) is 30.5 Å². The van der Waals surface area contributed by atoms with Crippen molar-refractivity contribution in [2.45, 2.75) is 26.3 Å². The number of rotatable bonds is 6. The zero-order chi connectivity index (χ0) is 17.5. The lowest BCUT2D eigenvalue weighted by Gasteiger charge is -2.16. The van der Waals surface area contributed by atoms with Crippen molar-refractivity contribution in [3.8, 4) is 0 Å². The van der Waals surface area contributed by atoms with Gasteiger partial charge in [-0.2, -0.15) is 0 Å². The fourth-order valence-electron chi connectivity index (χ4n) is 2.34. The number of carbonyl (C=O) groups excluding carboxylic acids is 1. The van der Waals surface area contributed by atoms with Crippen LogP contribution >= 0.6 is 24.0 Å². The number of aryl methyl sites for hydroxylation is 1. The van der Waals surface area contributed by atoms with Crippen molar-refractivity contribution in [2.75, 3.05) is 13.6 Å². The molecule has 1 atom stereocenters. The summed E-state index contributed by atoms with van der Waals surface area (Å²) in [6.45, 7) is 5.44. The molecular formula is C18H25IN4O2.